The maximum absolute atomic E-state index is 13.5. The number of rotatable bonds is 4. The Hall–Kier alpha value is -2.88. The molecule has 2 aromatic rings. The fraction of sp³-hybridized carbons (Fsp3) is 0.360. The zero-order chi connectivity index (χ0) is 20.7. The molecule has 2 aliphatic rings. The van der Waals surface area contributed by atoms with Gasteiger partial charge in [-0.2, -0.15) is 0 Å². The van der Waals surface area contributed by atoms with E-state index in [9.17, 15) is 9.59 Å². The van der Waals surface area contributed by atoms with Gasteiger partial charge in [0.15, 0.2) is 0 Å². The van der Waals surface area contributed by atoms with E-state index in [2.05, 4.69) is 25.7 Å². The lowest BCUT2D eigenvalue weighted by molar-refractivity contribution is -0.120. The summed E-state index contributed by atoms with van der Waals surface area (Å²) < 4.78 is 0. The van der Waals surface area contributed by atoms with Gasteiger partial charge in [-0.15, -0.1) is 0 Å². The summed E-state index contributed by atoms with van der Waals surface area (Å²) in [4.78, 5) is 30.4. The predicted octanol–water partition coefficient (Wildman–Crippen LogP) is 4.81. The number of carbonyl (C=O) groups excluding carboxylic acids is 2. The summed E-state index contributed by atoms with van der Waals surface area (Å²) in [5.41, 5.74) is 6.05. The van der Waals surface area contributed by atoms with E-state index < -0.39 is 0 Å². The SMILES string of the molecule is Cc1ccc(C2=C(N3CCCC3)C(=O)N(c3ccc(C(C)C)cc3)C2=O)cc1C. The number of likely N-dealkylation sites (tertiary alicyclic amines) is 1. The Morgan fingerprint density at radius 1 is 0.828 bits per heavy atom. The van der Waals surface area contributed by atoms with Gasteiger partial charge >= 0.3 is 0 Å². The average molecular weight is 389 g/mol. The summed E-state index contributed by atoms with van der Waals surface area (Å²) in [6.07, 6.45) is 2.10. The second kappa shape index (κ2) is 7.51. The molecule has 1 saturated heterocycles. The molecule has 4 rings (SSSR count). The number of hydrogen-bond acceptors (Lipinski definition) is 3. The number of amides is 2. The predicted molar refractivity (Wildman–Crippen MR) is 117 cm³/mol. The first-order chi connectivity index (χ1) is 13.9. The smallest absolute Gasteiger partial charge is 0.282 e. The van der Waals surface area contributed by atoms with E-state index in [-0.39, 0.29) is 11.8 Å². The van der Waals surface area contributed by atoms with Gasteiger partial charge < -0.3 is 4.90 Å². The van der Waals surface area contributed by atoms with Gasteiger partial charge in [0.25, 0.3) is 11.8 Å². The lowest BCUT2D eigenvalue weighted by Crippen LogP contribution is -2.34. The van der Waals surface area contributed by atoms with Gasteiger partial charge in [0, 0.05) is 13.1 Å². The fourth-order valence-electron chi connectivity index (χ4n) is 4.15. The Kier molecular flexibility index (Phi) is 5.03. The first-order valence-corrected chi connectivity index (χ1v) is 10.4. The van der Waals surface area contributed by atoms with Crippen LogP contribution in [0.25, 0.3) is 5.57 Å². The summed E-state index contributed by atoms with van der Waals surface area (Å²) in [5, 5.41) is 0. The molecule has 0 aromatic heterocycles. The van der Waals surface area contributed by atoms with Crippen molar-refractivity contribution in [3.63, 3.8) is 0 Å². The molecular weight excluding hydrogens is 360 g/mol. The molecule has 2 aromatic carbocycles. The third-order valence-electron chi connectivity index (χ3n) is 6.10. The topological polar surface area (TPSA) is 40.6 Å². The Bertz CT molecular complexity index is 996. The second-order valence-electron chi connectivity index (χ2n) is 8.41. The molecule has 2 amide bonds. The van der Waals surface area contributed by atoms with Crippen molar-refractivity contribution < 1.29 is 9.59 Å². The third-order valence-corrected chi connectivity index (χ3v) is 6.10. The van der Waals surface area contributed by atoms with Gasteiger partial charge in [0.2, 0.25) is 0 Å². The third kappa shape index (κ3) is 3.37. The highest BCUT2D eigenvalue weighted by atomic mass is 16.2. The highest BCUT2D eigenvalue weighted by Crippen LogP contribution is 2.36. The number of imide groups is 1. The van der Waals surface area contributed by atoms with Crippen molar-refractivity contribution in [3.05, 3.63) is 70.4 Å². The molecule has 0 spiro atoms. The van der Waals surface area contributed by atoms with Crippen molar-refractivity contribution in [2.24, 2.45) is 0 Å². The number of nitrogens with zero attached hydrogens (tertiary/aromatic N) is 2. The van der Waals surface area contributed by atoms with Crippen LogP contribution in [0.2, 0.25) is 0 Å². The highest BCUT2D eigenvalue weighted by molar-refractivity contribution is 6.45. The molecule has 0 saturated carbocycles. The van der Waals surface area contributed by atoms with Gasteiger partial charge in [-0.1, -0.05) is 44.2 Å². The summed E-state index contributed by atoms with van der Waals surface area (Å²) in [6.45, 7) is 10.0. The first kappa shape index (κ1) is 19.4. The van der Waals surface area contributed by atoms with E-state index >= 15 is 0 Å². The zero-order valence-corrected chi connectivity index (χ0v) is 17.7. The van der Waals surface area contributed by atoms with Gasteiger partial charge in [-0.25, -0.2) is 4.90 Å². The molecular formula is C25H28N2O2. The van der Waals surface area contributed by atoms with Crippen LogP contribution >= 0.6 is 0 Å². The van der Waals surface area contributed by atoms with Crippen molar-refractivity contribution in [3.8, 4) is 0 Å². The van der Waals surface area contributed by atoms with Crippen LogP contribution in [0.1, 0.15) is 54.9 Å². The van der Waals surface area contributed by atoms with Crippen LogP contribution in [-0.2, 0) is 9.59 Å². The Labute approximate surface area is 172 Å². The van der Waals surface area contributed by atoms with Gasteiger partial charge in [-0.3, -0.25) is 9.59 Å². The number of benzene rings is 2. The largest absolute Gasteiger partial charge is 0.366 e. The number of anilines is 1. The molecule has 1 fully saturated rings. The molecule has 0 N–H and O–H groups in total. The molecule has 4 heteroatoms. The van der Waals surface area contributed by atoms with Crippen LogP contribution in [0.15, 0.2) is 48.2 Å². The van der Waals surface area contributed by atoms with Crippen LogP contribution in [-0.4, -0.2) is 29.8 Å². The Balaban J connectivity index is 1.80. The lowest BCUT2D eigenvalue weighted by atomic mass is 9.99. The minimum atomic E-state index is -0.225. The molecule has 2 aliphatic heterocycles. The Morgan fingerprint density at radius 3 is 2.07 bits per heavy atom. The molecule has 0 radical (unpaired) electrons. The zero-order valence-electron chi connectivity index (χ0n) is 17.7. The molecule has 29 heavy (non-hydrogen) atoms. The minimum absolute atomic E-state index is 0.206. The van der Waals surface area contributed by atoms with E-state index in [1.165, 1.54) is 16.0 Å². The summed E-state index contributed by atoms with van der Waals surface area (Å²) in [5.74, 6) is -0.0294. The van der Waals surface area contributed by atoms with Crippen LogP contribution in [0.5, 0.6) is 0 Å². The van der Waals surface area contributed by atoms with Crippen LogP contribution in [0.3, 0.4) is 0 Å². The lowest BCUT2D eigenvalue weighted by Gasteiger charge is -2.20. The second-order valence-corrected chi connectivity index (χ2v) is 8.41. The number of carbonyl (C=O) groups is 2. The fourth-order valence-corrected chi connectivity index (χ4v) is 4.15. The van der Waals surface area contributed by atoms with E-state index in [4.69, 9.17) is 0 Å². The molecule has 0 aliphatic carbocycles. The van der Waals surface area contributed by atoms with E-state index in [1.807, 2.05) is 49.4 Å². The highest BCUT2D eigenvalue weighted by Gasteiger charge is 2.43. The Morgan fingerprint density at radius 2 is 1.48 bits per heavy atom. The molecule has 4 nitrogen and oxygen atoms in total. The van der Waals surface area contributed by atoms with E-state index in [0.29, 0.717) is 22.9 Å². The monoisotopic (exact) mass is 388 g/mol. The summed E-state index contributed by atoms with van der Waals surface area (Å²) in [6, 6.07) is 13.8. The number of aryl methyl sites for hydroxylation is 2. The van der Waals surface area contributed by atoms with Crippen molar-refractivity contribution in [2.75, 3.05) is 18.0 Å². The van der Waals surface area contributed by atoms with Crippen molar-refractivity contribution in [2.45, 2.75) is 46.5 Å². The van der Waals surface area contributed by atoms with Crippen LogP contribution in [0.4, 0.5) is 5.69 Å². The molecule has 0 bridgehead atoms. The van der Waals surface area contributed by atoms with Gasteiger partial charge in [0.05, 0.1) is 11.3 Å². The summed E-state index contributed by atoms with van der Waals surface area (Å²) in [7, 11) is 0. The van der Waals surface area contributed by atoms with Crippen molar-refractivity contribution >= 4 is 23.1 Å². The van der Waals surface area contributed by atoms with Crippen LogP contribution in [0, 0.1) is 13.8 Å². The maximum atomic E-state index is 13.5. The first-order valence-electron chi connectivity index (χ1n) is 10.4. The van der Waals surface area contributed by atoms with Crippen LogP contribution < -0.4 is 4.90 Å². The van der Waals surface area contributed by atoms with Gasteiger partial charge in [0.1, 0.15) is 5.70 Å². The maximum Gasteiger partial charge on any atom is 0.282 e. The van der Waals surface area contributed by atoms with Gasteiger partial charge in [-0.05, 0) is 67.0 Å². The molecule has 2 heterocycles. The average Bonchev–Trinajstić information content (AvgIpc) is 3.30. The van der Waals surface area contributed by atoms with Crippen molar-refractivity contribution in [1.82, 2.24) is 4.90 Å². The normalized spacial score (nSPS) is 17.3. The van der Waals surface area contributed by atoms with E-state index in [0.717, 1.165) is 37.1 Å². The molecule has 0 unspecified atom stereocenters. The standard InChI is InChI=1S/C25H28N2O2/c1-16(2)19-9-11-21(12-10-19)27-24(28)22(20-8-7-17(3)18(4)15-20)23(25(27)29)26-13-5-6-14-26/h7-12,15-16H,5-6,13-14H2,1-4H3. The molecule has 0 atom stereocenters. The minimum Gasteiger partial charge on any atom is -0.366 e. The number of hydrogen-bond donors (Lipinski definition) is 0. The van der Waals surface area contributed by atoms with E-state index in [1.54, 1.807) is 0 Å². The summed E-state index contributed by atoms with van der Waals surface area (Å²) >= 11 is 0. The van der Waals surface area contributed by atoms with Crippen molar-refractivity contribution in [1.29, 1.82) is 0 Å². The molecule has 150 valence electrons. The quantitative estimate of drug-likeness (QED) is 0.706.